The number of rotatable bonds is 11. The molecule has 0 aromatic rings. The van der Waals surface area contributed by atoms with E-state index in [0.29, 0.717) is 0 Å². The molecule has 0 aliphatic heterocycles. The zero-order valence-corrected chi connectivity index (χ0v) is 20.3. The number of carboxylic acid groups (broad SMARTS) is 4. The van der Waals surface area contributed by atoms with Gasteiger partial charge in [-0.3, -0.25) is 9.80 Å². The van der Waals surface area contributed by atoms with Gasteiger partial charge in [0, 0.05) is 39.3 Å². The van der Waals surface area contributed by atoms with E-state index < -0.39 is 50.1 Å². The molecule has 0 fully saturated rings. The topological polar surface area (TPSA) is 167 Å². The number of carbonyl (C=O) groups excluding carboxylic acids is 4. The molecule has 0 radical (unpaired) electrons. The van der Waals surface area contributed by atoms with Gasteiger partial charge >= 0.3 is 120 Å². The van der Waals surface area contributed by atoms with Crippen LogP contribution in [-0.2, 0) is 36.5 Å². The molecule has 0 atom stereocenters. The number of carboxylic acids is 4. The second-order valence-corrected chi connectivity index (χ2v) is 3.91. The molecule has 0 saturated heterocycles. The van der Waals surface area contributed by atoms with Crippen molar-refractivity contribution in [1.82, 2.24) is 9.80 Å². The predicted octanol–water partition coefficient (Wildman–Crippen LogP) is -13.4. The average molecular weight is 418 g/mol. The first kappa shape index (κ1) is 32.3. The molecule has 0 aromatic heterocycles. The van der Waals surface area contributed by atoms with Crippen LogP contribution < -0.4 is 123 Å². The molecule has 10 nitrogen and oxygen atoms in total. The maximum absolute atomic E-state index is 10.4. The third kappa shape index (κ3) is 21.6. The molecule has 0 aliphatic rings. The Hall–Kier alpha value is 1.61. The smallest absolute Gasteiger partial charge is 0.549 e. The first-order valence-corrected chi connectivity index (χ1v) is 5.44. The Balaban J connectivity index is -0.000000602. The van der Waals surface area contributed by atoms with Crippen LogP contribution in [0.3, 0.4) is 0 Å². The van der Waals surface area contributed by atoms with E-state index in [1.54, 1.807) is 0 Å². The van der Waals surface area contributed by atoms with Crippen molar-refractivity contribution in [2.24, 2.45) is 0 Å². The molecular weight excluding hydrogens is 406 g/mol. The van der Waals surface area contributed by atoms with E-state index in [4.69, 9.17) is 0 Å². The second-order valence-electron chi connectivity index (χ2n) is 3.91. The minimum Gasteiger partial charge on any atom is -0.549 e. The minimum atomic E-state index is -1.53. The van der Waals surface area contributed by atoms with Crippen LogP contribution in [0.25, 0.3) is 0 Å². The van der Waals surface area contributed by atoms with Crippen molar-refractivity contribution < 1.29 is 160 Å². The molecule has 13 heteroatoms. The van der Waals surface area contributed by atoms with Crippen molar-refractivity contribution >= 4 is 23.9 Å². The first-order chi connectivity index (χ1) is 9.20. The minimum absolute atomic E-state index is 0. The SMILES string of the molecule is O=C([O-])CN(CCN(CC(=O)[O-])CC(=O)[O-])CC(=O)[O-].[Cr+2].[K+].[K+]. The van der Waals surface area contributed by atoms with Crippen molar-refractivity contribution in [2.45, 2.75) is 0 Å². The van der Waals surface area contributed by atoms with E-state index >= 15 is 0 Å². The van der Waals surface area contributed by atoms with E-state index in [1.807, 2.05) is 0 Å². The van der Waals surface area contributed by atoms with E-state index in [9.17, 15) is 39.6 Å². The molecule has 0 unspecified atom stereocenters. The van der Waals surface area contributed by atoms with Gasteiger partial charge in [0.1, 0.15) is 0 Å². The maximum Gasteiger partial charge on any atom is 2.00 e. The van der Waals surface area contributed by atoms with Gasteiger partial charge in [0.05, 0.1) is 23.9 Å². The van der Waals surface area contributed by atoms with Crippen LogP contribution in [0.1, 0.15) is 0 Å². The molecule has 0 saturated carbocycles. The Bertz CT molecular complexity index is 331. The van der Waals surface area contributed by atoms with Crippen LogP contribution in [-0.4, -0.2) is 72.9 Å². The summed E-state index contributed by atoms with van der Waals surface area (Å²) in [7, 11) is 0. The van der Waals surface area contributed by atoms with E-state index in [-0.39, 0.29) is 133 Å². The predicted molar refractivity (Wildman–Crippen MR) is 52.9 cm³/mol. The van der Waals surface area contributed by atoms with Gasteiger partial charge in [0.15, 0.2) is 0 Å². The third-order valence-corrected chi connectivity index (χ3v) is 2.14. The third-order valence-electron chi connectivity index (χ3n) is 2.14. The van der Waals surface area contributed by atoms with E-state index in [0.717, 1.165) is 9.80 Å². The zero-order valence-electron chi connectivity index (χ0n) is 12.8. The van der Waals surface area contributed by atoms with Gasteiger partial charge in [-0.15, -0.1) is 0 Å². The summed E-state index contributed by atoms with van der Waals surface area (Å²) in [4.78, 5) is 43.4. The number of nitrogens with zero attached hydrogens (tertiary/aromatic N) is 2. The Morgan fingerprint density at radius 1 is 0.565 bits per heavy atom. The summed E-state index contributed by atoms with van der Waals surface area (Å²) >= 11 is 0. The van der Waals surface area contributed by atoms with Crippen molar-refractivity contribution in [1.29, 1.82) is 0 Å². The Kier molecular flexibility index (Phi) is 25.8. The summed E-state index contributed by atoms with van der Waals surface area (Å²) in [6.07, 6.45) is 0. The van der Waals surface area contributed by atoms with Gasteiger partial charge in [-0.1, -0.05) is 0 Å². The molecule has 23 heavy (non-hydrogen) atoms. The zero-order chi connectivity index (χ0) is 15.7. The largest absolute Gasteiger partial charge is 2.00 e. The Labute approximate surface area is 228 Å². The standard InChI is InChI=1S/C10H16N2O8.Cr.2K/c13-7(14)3-11(4-8(15)16)1-2-12(5-9(17)18)6-10(19)20;;;/h1-6H2,(H,13,14)(H,15,16)(H,17,18)(H,19,20);;;/q;+2;2*+1/p-4. The summed E-state index contributed by atoms with van der Waals surface area (Å²) < 4.78 is 0. The Morgan fingerprint density at radius 2 is 0.739 bits per heavy atom. The van der Waals surface area contributed by atoms with Crippen LogP contribution in [0, 0.1) is 0 Å². The Morgan fingerprint density at radius 3 is 0.870 bits per heavy atom. The van der Waals surface area contributed by atoms with Crippen molar-refractivity contribution in [3.05, 3.63) is 0 Å². The quantitative estimate of drug-likeness (QED) is 0.294. The van der Waals surface area contributed by atoms with E-state index in [1.165, 1.54) is 0 Å². The van der Waals surface area contributed by atoms with Crippen LogP contribution in [0.4, 0.5) is 0 Å². The molecular formula is C10H12CrK2N2O8. The number of aliphatic carboxylic acids is 4. The summed E-state index contributed by atoms with van der Waals surface area (Å²) in [5.41, 5.74) is 0. The molecule has 0 aliphatic carbocycles. The summed E-state index contributed by atoms with van der Waals surface area (Å²) in [6.45, 7) is -3.25. The van der Waals surface area contributed by atoms with Gasteiger partial charge in [-0.2, -0.15) is 0 Å². The van der Waals surface area contributed by atoms with Crippen molar-refractivity contribution in [3.8, 4) is 0 Å². The summed E-state index contributed by atoms with van der Waals surface area (Å²) in [6, 6.07) is 0. The molecule has 0 aromatic carbocycles. The fraction of sp³-hybridized carbons (Fsp3) is 0.600. The number of hydrogen-bond donors (Lipinski definition) is 0. The maximum atomic E-state index is 10.4. The molecule has 0 rings (SSSR count). The number of hydrogen-bond acceptors (Lipinski definition) is 10. The summed E-state index contributed by atoms with van der Waals surface area (Å²) in [5.74, 6) is -6.12. The van der Waals surface area contributed by atoms with Crippen LogP contribution in [0.2, 0.25) is 0 Å². The molecule has 0 amide bonds. The second kappa shape index (κ2) is 18.4. The van der Waals surface area contributed by atoms with Crippen molar-refractivity contribution in [2.75, 3.05) is 39.3 Å². The van der Waals surface area contributed by atoms with Crippen LogP contribution >= 0.6 is 0 Å². The molecule has 0 bridgehead atoms. The van der Waals surface area contributed by atoms with Gasteiger partial charge in [-0.25, -0.2) is 0 Å². The normalized spacial score (nSPS) is 9.30. The monoisotopic (exact) mass is 418 g/mol. The molecule has 0 N–H and O–H groups in total. The first-order valence-electron chi connectivity index (χ1n) is 5.44. The van der Waals surface area contributed by atoms with Crippen LogP contribution in [0.5, 0.6) is 0 Å². The van der Waals surface area contributed by atoms with Gasteiger partial charge in [-0.05, 0) is 0 Å². The molecule has 0 spiro atoms. The fourth-order valence-corrected chi connectivity index (χ4v) is 1.44. The number of carbonyl (C=O) groups is 4. The molecule has 118 valence electrons. The van der Waals surface area contributed by atoms with Gasteiger partial charge in [0.2, 0.25) is 0 Å². The van der Waals surface area contributed by atoms with Gasteiger partial charge in [0.25, 0.3) is 0 Å². The fourth-order valence-electron chi connectivity index (χ4n) is 1.44. The van der Waals surface area contributed by atoms with E-state index in [2.05, 4.69) is 0 Å². The molecule has 0 heterocycles. The average Bonchev–Trinajstić information content (AvgIpc) is 2.22. The van der Waals surface area contributed by atoms with Crippen molar-refractivity contribution in [3.63, 3.8) is 0 Å². The summed E-state index contributed by atoms with van der Waals surface area (Å²) in [5, 5.41) is 41.6. The van der Waals surface area contributed by atoms with Gasteiger partial charge < -0.3 is 39.6 Å². The van der Waals surface area contributed by atoms with Crippen LogP contribution in [0.15, 0.2) is 0 Å².